The quantitative estimate of drug-likeness (QED) is 0.730. The second kappa shape index (κ2) is 3.90. The maximum Gasteiger partial charge on any atom is 0.0752 e. The topological polar surface area (TPSA) is 9.23 Å². The van der Waals surface area contributed by atoms with Gasteiger partial charge in [0.25, 0.3) is 0 Å². The Bertz CT molecular complexity index is 305. The van der Waals surface area contributed by atoms with Gasteiger partial charge in [0, 0.05) is 10.7 Å². The van der Waals surface area contributed by atoms with Crippen LogP contribution in [0.2, 0.25) is 0 Å². The highest BCUT2D eigenvalue weighted by Crippen LogP contribution is 2.67. The molecule has 0 aliphatic heterocycles. The summed E-state index contributed by atoms with van der Waals surface area (Å²) < 4.78 is 6.28. The van der Waals surface area contributed by atoms with Crippen molar-refractivity contribution in [3.8, 4) is 0 Å². The molecule has 0 aromatic carbocycles. The highest BCUT2D eigenvalue weighted by Gasteiger charge is 2.65. The summed E-state index contributed by atoms with van der Waals surface area (Å²) in [6.07, 6.45) is 2.96. The second-order valence-electron chi connectivity index (χ2n) is 8.07. The Hall–Kier alpha value is 0.310. The Labute approximate surface area is 112 Å². The molecule has 0 unspecified atom stereocenters. The first-order valence-electron chi connectivity index (χ1n) is 6.89. The van der Waals surface area contributed by atoms with Gasteiger partial charge in [-0.1, -0.05) is 41.5 Å². The van der Waals surface area contributed by atoms with Crippen molar-refractivity contribution in [3.05, 3.63) is 0 Å². The van der Waals surface area contributed by atoms with E-state index in [9.17, 15) is 0 Å². The molecule has 0 aromatic rings. The van der Waals surface area contributed by atoms with Crippen molar-refractivity contribution in [1.29, 1.82) is 0 Å². The van der Waals surface area contributed by atoms with E-state index < -0.39 is 0 Å². The molecule has 4 atom stereocenters. The molecular weight excluding hydrogens is 228 g/mol. The highest BCUT2D eigenvalue weighted by atomic mass is 32.1. The van der Waals surface area contributed by atoms with Crippen LogP contribution >= 0.6 is 12.6 Å². The predicted octanol–water partition coefficient (Wildman–Crippen LogP) is 4.17. The van der Waals surface area contributed by atoms with Crippen molar-refractivity contribution in [2.45, 2.75) is 65.7 Å². The van der Waals surface area contributed by atoms with Crippen LogP contribution < -0.4 is 0 Å². The van der Waals surface area contributed by atoms with E-state index in [2.05, 4.69) is 41.5 Å². The van der Waals surface area contributed by atoms with E-state index in [1.807, 2.05) is 0 Å². The molecule has 17 heavy (non-hydrogen) atoms. The summed E-state index contributed by atoms with van der Waals surface area (Å²) >= 11 is 4.87. The summed E-state index contributed by atoms with van der Waals surface area (Å²) in [6, 6.07) is 0. The van der Waals surface area contributed by atoms with Crippen LogP contribution in [0.25, 0.3) is 0 Å². The zero-order chi connectivity index (χ0) is 13.1. The third-order valence-corrected chi connectivity index (χ3v) is 6.05. The van der Waals surface area contributed by atoms with Crippen LogP contribution in [-0.2, 0) is 4.74 Å². The normalized spacial score (nSPS) is 44.3. The predicted molar refractivity (Wildman–Crippen MR) is 76.6 cm³/mol. The van der Waals surface area contributed by atoms with Crippen molar-refractivity contribution in [2.24, 2.45) is 22.2 Å². The van der Waals surface area contributed by atoms with Crippen LogP contribution in [0.15, 0.2) is 0 Å². The average Bonchev–Trinajstić information content (AvgIpc) is 2.43. The Morgan fingerprint density at radius 1 is 1.24 bits per heavy atom. The fourth-order valence-electron chi connectivity index (χ4n) is 3.88. The molecule has 2 aliphatic rings. The van der Waals surface area contributed by atoms with Gasteiger partial charge in [-0.05, 0) is 29.6 Å². The van der Waals surface area contributed by atoms with Gasteiger partial charge in [-0.15, -0.1) is 0 Å². The van der Waals surface area contributed by atoms with E-state index in [1.54, 1.807) is 0 Å². The van der Waals surface area contributed by atoms with Gasteiger partial charge in [0.2, 0.25) is 0 Å². The zero-order valence-corrected chi connectivity index (χ0v) is 13.1. The SMILES string of the molecule is CC(C)(C)CO[C@@H]1[C@H](S)[C@H]2CC[C@]1(C)C2(C)C. The number of hydrogen-bond donors (Lipinski definition) is 1. The smallest absolute Gasteiger partial charge is 0.0752 e. The molecule has 1 nitrogen and oxygen atoms in total. The third kappa shape index (κ3) is 1.96. The summed E-state index contributed by atoms with van der Waals surface area (Å²) in [7, 11) is 0. The van der Waals surface area contributed by atoms with Gasteiger partial charge in [0.1, 0.15) is 0 Å². The van der Waals surface area contributed by atoms with Gasteiger partial charge in [-0.3, -0.25) is 0 Å². The molecule has 0 radical (unpaired) electrons. The fraction of sp³-hybridized carbons (Fsp3) is 1.00. The molecule has 2 fully saturated rings. The molecule has 0 aromatic heterocycles. The van der Waals surface area contributed by atoms with E-state index in [1.165, 1.54) is 12.8 Å². The lowest BCUT2D eigenvalue weighted by Gasteiger charge is -2.40. The van der Waals surface area contributed by atoms with Crippen LogP contribution in [-0.4, -0.2) is 18.0 Å². The zero-order valence-electron chi connectivity index (χ0n) is 12.2. The first-order chi connectivity index (χ1) is 7.59. The molecule has 2 saturated carbocycles. The number of ether oxygens (including phenoxy) is 1. The second-order valence-corrected chi connectivity index (χ2v) is 8.66. The lowest BCUT2D eigenvalue weighted by Crippen LogP contribution is -2.41. The minimum atomic E-state index is 0.246. The van der Waals surface area contributed by atoms with Crippen LogP contribution in [0.4, 0.5) is 0 Å². The van der Waals surface area contributed by atoms with Crippen LogP contribution in [0.1, 0.15) is 54.4 Å². The summed E-state index contributed by atoms with van der Waals surface area (Å²) in [6.45, 7) is 14.8. The number of fused-ring (bicyclic) bond motifs is 2. The molecule has 0 heterocycles. The van der Waals surface area contributed by atoms with Crippen molar-refractivity contribution in [3.63, 3.8) is 0 Å². The summed E-state index contributed by atoms with van der Waals surface area (Å²) in [4.78, 5) is 0. The molecule has 2 heteroatoms. The van der Waals surface area contributed by atoms with Crippen LogP contribution in [0.5, 0.6) is 0 Å². The number of rotatable bonds is 2. The van der Waals surface area contributed by atoms with Gasteiger partial charge in [-0.2, -0.15) is 12.6 Å². The summed E-state index contributed by atoms with van der Waals surface area (Å²) in [5.41, 5.74) is 0.938. The van der Waals surface area contributed by atoms with Gasteiger partial charge in [0.05, 0.1) is 12.7 Å². The number of thiol groups is 1. The van der Waals surface area contributed by atoms with Crippen LogP contribution in [0, 0.1) is 22.2 Å². The molecule has 2 bridgehead atoms. The fourth-order valence-corrected chi connectivity index (χ4v) is 4.82. The lowest BCUT2D eigenvalue weighted by atomic mass is 9.70. The maximum atomic E-state index is 6.28. The minimum Gasteiger partial charge on any atom is -0.376 e. The standard InChI is InChI=1S/C15H28OS/c1-13(2,3)9-16-12-11(17)10-7-8-15(12,6)14(10,4)5/h10-12,17H,7-9H2,1-6H3/t10-,11-,12-,15+/m1/s1. The first-order valence-corrected chi connectivity index (χ1v) is 7.41. The highest BCUT2D eigenvalue weighted by molar-refractivity contribution is 7.81. The van der Waals surface area contributed by atoms with Gasteiger partial charge in [0.15, 0.2) is 0 Å². The van der Waals surface area contributed by atoms with E-state index in [0.29, 0.717) is 22.2 Å². The van der Waals surface area contributed by atoms with Crippen LogP contribution in [0.3, 0.4) is 0 Å². The molecular formula is C15H28OS. The van der Waals surface area contributed by atoms with E-state index in [4.69, 9.17) is 17.4 Å². The molecule has 2 rings (SSSR count). The molecule has 0 amide bonds. The largest absolute Gasteiger partial charge is 0.376 e. The monoisotopic (exact) mass is 256 g/mol. The van der Waals surface area contributed by atoms with Crippen molar-refractivity contribution < 1.29 is 4.74 Å². The lowest BCUT2D eigenvalue weighted by molar-refractivity contribution is -0.0668. The Morgan fingerprint density at radius 2 is 1.82 bits per heavy atom. The average molecular weight is 256 g/mol. The van der Waals surface area contributed by atoms with Crippen molar-refractivity contribution >= 4 is 12.6 Å². The van der Waals surface area contributed by atoms with E-state index in [0.717, 1.165) is 12.5 Å². The Morgan fingerprint density at radius 3 is 2.24 bits per heavy atom. The van der Waals surface area contributed by atoms with E-state index in [-0.39, 0.29) is 5.41 Å². The molecule has 2 aliphatic carbocycles. The van der Waals surface area contributed by atoms with Gasteiger partial charge < -0.3 is 4.74 Å². The molecule has 0 spiro atoms. The Kier molecular flexibility index (Phi) is 3.15. The first kappa shape index (κ1) is 13.7. The van der Waals surface area contributed by atoms with Crippen molar-refractivity contribution in [2.75, 3.05) is 6.61 Å². The summed E-state index contributed by atoms with van der Waals surface area (Å²) in [5, 5.41) is 0.422. The van der Waals surface area contributed by atoms with Crippen molar-refractivity contribution in [1.82, 2.24) is 0 Å². The molecule has 0 N–H and O–H groups in total. The number of hydrogen-bond acceptors (Lipinski definition) is 2. The molecule has 100 valence electrons. The van der Waals surface area contributed by atoms with Gasteiger partial charge in [-0.25, -0.2) is 0 Å². The summed E-state index contributed by atoms with van der Waals surface area (Å²) in [5.74, 6) is 0.723. The van der Waals surface area contributed by atoms with E-state index >= 15 is 0 Å². The molecule has 0 saturated heterocycles. The third-order valence-electron chi connectivity index (χ3n) is 5.42. The minimum absolute atomic E-state index is 0.246. The maximum absolute atomic E-state index is 6.28. The Balaban J connectivity index is 2.15. The van der Waals surface area contributed by atoms with Gasteiger partial charge >= 0.3 is 0 Å².